The van der Waals surface area contributed by atoms with Gasteiger partial charge in [0, 0.05) is 18.6 Å². The van der Waals surface area contributed by atoms with Crippen LogP contribution in [0.5, 0.6) is 0 Å². The van der Waals surface area contributed by atoms with Gasteiger partial charge in [0.2, 0.25) is 0 Å². The first-order chi connectivity index (χ1) is 11.9. The molecular formula is C19H20ClFN2O2. The number of aliphatic imine (C=N–C) groups is 1. The summed E-state index contributed by atoms with van der Waals surface area (Å²) in [5.41, 5.74) is 2.51. The molecule has 0 atom stereocenters. The van der Waals surface area contributed by atoms with E-state index in [4.69, 9.17) is 16.3 Å². The largest absolute Gasteiger partial charge is 0.457 e. The number of benzene rings is 2. The van der Waals surface area contributed by atoms with Crippen LogP contribution in [-0.4, -0.2) is 30.8 Å². The normalized spacial score (nSPS) is 10.9. The second-order valence-electron chi connectivity index (χ2n) is 5.61. The van der Waals surface area contributed by atoms with E-state index in [2.05, 4.69) is 4.99 Å². The fourth-order valence-electron chi connectivity index (χ4n) is 2.09. The van der Waals surface area contributed by atoms with Gasteiger partial charge in [-0.2, -0.15) is 0 Å². The van der Waals surface area contributed by atoms with Crippen LogP contribution in [0.2, 0.25) is 5.02 Å². The number of halogens is 2. The number of ether oxygens (including phenoxy) is 1. The molecule has 4 nitrogen and oxygen atoms in total. The van der Waals surface area contributed by atoms with Crippen molar-refractivity contribution >= 4 is 29.6 Å². The third-order valence-electron chi connectivity index (χ3n) is 3.76. The highest BCUT2D eigenvalue weighted by Crippen LogP contribution is 2.27. The average Bonchev–Trinajstić information content (AvgIpc) is 2.60. The van der Waals surface area contributed by atoms with Crippen molar-refractivity contribution in [2.24, 2.45) is 4.99 Å². The molecule has 0 radical (unpaired) electrons. The van der Waals surface area contributed by atoms with Crippen LogP contribution in [0.25, 0.3) is 0 Å². The van der Waals surface area contributed by atoms with Gasteiger partial charge in [0.05, 0.1) is 17.6 Å². The van der Waals surface area contributed by atoms with Gasteiger partial charge in [0.25, 0.3) is 0 Å². The smallest absolute Gasteiger partial charge is 0.338 e. The van der Waals surface area contributed by atoms with E-state index in [1.807, 2.05) is 25.8 Å². The summed E-state index contributed by atoms with van der Waals surface area (Å²) in [7, 11) is 1.92. The Morgan fingerprint density at radius 1 is 1.36 bits per heavy atom. The third-order valence-corrected chi connectivity index (χ3v) is 3.98. The Morgan fingerprint density at radius 2 is 2.12 bits per heavy atom. The van der Waals surface area contributed by atoms with E-state index in [1.54, 1.807) is 18.5 Å². The molecule has 132 valence electrons. The molecule has 2 rings (SSSR count). The summed E-state index contributed by atoms with van der Waals surface area (Å²) in [4.78, 5) is 18.4. The zero-order chi connectivity index (χ0) is 18.4. The molecule has 2 aromatic carbocycles. The summed E-state index contributed by atoms with van der Waals surface area (Å²) in [6, 6.07) is 8.88. The monoisotopic (exact) mass is 362 g/mol. The molecule has 0 N–H and O–H groups in total. The van der Waals surface area contributed by atoms with Gasteiger partial charge in [-0.05, 0) is 55.3 Å². The van der Waals surface area contributed by atoms with Crippen molar-refractivity contribution in [1.29, 1.82) is 0 Å². The molecular weight excluding hydrogens is 343 g/mol. The highest BCUT2D eigenvalue weighted by atomic mass is 35.5. The van der Waals surface area contributed by atoms with Crippen molar-refractivity contribution in [3.05, 3.63) is 63.9 Å². The van der Waals surface area contributed by atoms with Crippen LogP contribution in [0, 0.1) is 12.7 Å². The Hall–Kier alpha value is -2.40. The molecule has 0 fully saturated rings. The van der Waals surface area contributed by atoms with E-state index >= 15 is 0 Å². The summed E-state index contributed by atoms with van der Waals surface area (Å²) < 4.78 is 18.5. The van der Waals surface area contributed by atoms with Crippen LogP contribution >= 0.6 is 11.6 Å². The number of carbonyl (C=O) groups is 1. The highest BCUT2D eigenvalue weighted by molar-refractivity contribution is 6.31. The van der Waals surface area contributed by atoms with Gasteiger partial charge in [-0.3, -0.25) is 0 Å². The van der Waals surface area contributed by atoms with Gasteiger partial charge < -0.3 is 9.64 Å². The lowest BCUT2D eigenvalue weighted by atomic mass is 10.1. The molecule has 25 heavy (non-hydrogen) atoms. The number of hydrogen-bond donors (Lipinski definition) is 0. The molecule has 0 amide bonds. The van der Waals surface area contributed by atoms with Gasteiger partial charge in [0.1, 0.15) is 12.4 Å². The lowest BCUT2D eigenvalue weighted by Crippen LogP contribution is -2.14. The lowest BCUT2D eigenvalue weighted by molar-refractivity contribution is 0.0471. The molecule has 0 spiro atoms. The predicted molar refractivity (Wildman–Crippen MR) is 98.2 cm³/mol. The van der Waals surface area contributed by atoms with Crippen molar-refractivity contribution in [2.45, 2.75) is 20.5 Å². The van der Waals surface area contributed by atoms with Crippen molar-refractivity contribution in [2.75, 3.05) is 13.6 Å². The topological polar surface area (TPSA) is 41.9 Å². The van der Waals surface area contributed by atoms with Crippen LogP contribution in [0.4, 0.5) is 10.1 Å². The van der Waals surface area contributed by atoms with E-state index in [-0.39, 0.29) is 12.2 Å². The van der Waals surface area contributed by atoms with E-state index in [1.165, 1.54) is 18.2 Å². The molecule has 2 aromatic rings. The quantitative estimate of drug-likeness (QED) is 0.423. The van der Waals surface area contributed by atoms with Gasteiger partial charge in [0.15, 0.2) is 0 Å². The summed E-state index contributed by atoms with van der Waals surface area (Å²) in [6.45, 7) is 4.78. The lowest BCUT2D eigenvalue weighted by Gasteiger charge is -2.12. The zero-order valence-electron chi connectivity index (χ0n) is 14.4. The van der Waals surface area contributed by atoms with Crippen molar-refractivity contribution in [1.82, 2.24) is 4.90 Å². The predicted octanol–water partition coefficient (Wildman–Crippen LogP) is 4.76. The summed E-state index contributed by atoms with van der Waals surface area (Å²) in [6.07, 6.45) is 1.72. The Morgan fingerprint density at radius 3 is 2.80 bits per heavy atom. The van der Waals surface area contributed by atoms with Gasteiger partial charge >= 0.3 is 5.97 Å². The number of esters is 1. The number of carbonyl (C=O) groups excluding carboxylic acids is 1. The summed E-state index contributed by atoms with van der Waals surface area (Å²) in [5.74, 6) is -1.07. The first-order valence-electron chi connectivity index (χ1n) is 7.87. The SMILES string of the molecule is CCN(C)C=Nc1cc(Cl)cc(COC(=O)c2cccc(F)c2)c1C. The number of hydrogen-bond acceptors (Lipinski definition) is 3. The minimum Gasteiger partial charge on any atom is -0.457 e. The maximum absolute atomic E-state index is 13.2. The van der Waals surface area contributed by atoms with Crippen molar-refractivity contribution in [3.8, 4) is 0 Å². The third kappa shape index (κ3) is 5.29. The van der Waals surface area contributed by atoms with Crippen LogP contribution in [-0.2, 0) is 11.3 Å². The Labute approximate surface area is 151 Å². The Bertz CT molecular complexity index is 793. The molecule has 0 aromatic heterocycles. The molecule has 0 aliphatic rings. The van der Waals surface area contributed by atoms with Crippen molar-refractivity contribution < 1.29 is 13.9 Å². The van der Waals surface area contributed by atoms with Crippen molar-refractivity contribution in [3.63, 3.8) is 0 Å². The van der Waals surface area contributed by atoms with Crippen LogP contribution < -0.4 is 0 Å². The minimum absolute atomic E-state index is 0.0356. The molecule has 0 saturated heterocycles. The molecule has 0 aliphatic heterocycles. The average molecular weight is 363 g/mol. The first-order valence-corrected chi connectivity index (χ1v) is 8.24. The number of nitrogens with zero attached hydrogens (tertiary/aromatic N) is 2. The molecule has 0 heterocycles. The Balaban J connectivity index is 2.15. The highest BCUT2D eigenvalue weighted by Gasteiger charge is 2.11. The molecule has 6 heteroatoms. The van der Waals surface area contributed by atoms with Crippen LogP contribution in [0.15, 0.2) is 41.4 Å². The van der Waals surface area contributed by atoms with E-state index in [0.717, 1.165) is 23.7 Å². The summed E-state index contributed by atoms with van der Waals surface area (Å²) in [5, 5.41) is 0.508. The zero-order valence-corrected chi connectivity index (χ0v) is 15.2. The van der Waals surface area contributed by atoms with Gasteiger partial charge in [-0.25, -0.2) is 14.2 Å². The molecule has 0 unspecified atom stereocenters. The minimum atomic E-state index is -0.588. The maximum atomic E-state index is 13.2. The van der Waals surface area contributed by atoms with Gasteiger partial charge in [-0.1, -0.05) is 17.7 Å². The van der Waals surface area contributed by atoms with E-state index in [0.29, 0.717) is 10.7 Å². The van der Waals surface area contributed by atoms with Crippen LogP contribution in [0.1, 0.15) is 28.4 Å². The fraction of sp³-hybridized carbons (Fsp3) is 0.263. The van der Waals surface area contributed by atoms with Gasteiger partial charge in [-0.15, -0.1) is 0 Å². The first kappa shape index (κ1) is 18.9. The van der Waals surface area contributed by atoms with E-state index in [9.17, 15) is 9.18 Å². The standard InChI is InChI=1S/C19H20ClFN2O2/c1-4-23(3)12-22-18-10-16(20)8-15(13(18)2)11-25-19(24)14-6-5-7-17(21)9-14/h5-10,12H,4,11H2,1-3H3. The molecule has 0 bridgehead atoms. The molecule has 0 aliphatic carbocycles. The van der Waals surface area contributed by atoms with E-state index < -0.39 is 11.8 Å². The fourth-order valence-corrected chi connectivity index (χ4v) is 2.32. The van der Waals surface area contributed by atoms with Crippen LogP contribution in [0.3, 0.4) is 0 Å². The maximum Gasteiger partial charge on any atom is 0.338 e. The second kappa shape index (κ2) is 8.62. The second-order valence-corrected chi connectivity index (χ2v) is 6.05. The Kier molecular flexibility index (Phi) is 6.53. The molecule has 0 saturated carbocycles. The summed E-state index contributed by atoms with van der Waals surface area (Å²) >= 11 is 6.15. The number of rotatable bonds is 6.